The monoisotopic (exact) mass is 321 g/mol. The van der Waals surface area contributed by atoms with Crippen LogP contribution < -0.4 is 16.2 Å². The van der Waals surface area contributed by atoms with Gasteiger partial charge in [-0.2, -0.15) is 0 Å². The van der Waals surface area contributed by atoms with Crippen LogP contribution in [0.3, 0.4) is 0 Å². The summed E-state index contributed by atoms with van der Waals surface area (Å²) in [4.78, 5) is 38.0. The Morgan fingerprint density at radius 2 is 1.91 bits per heavy atom. The number of carbonyl (C=O) groups excluding carboxylic acids is 2. The molecule has 0 aliphatic carbocycles. The second kappa shape index (κ2) is 6.82. The van der Waals surface area contributed by atoms with Crippen molar-refractivity contribution in [2.24, 2.45) is 0 Å². The van der Waals surface area contributed by atoms with Gasteiger partial charge in [0.2, 0.25) is 5.91 Å². The van der Waals surface area contributed by atoms with E-state index in [4.69, 9.17) is 0 Å². The van der Waals surface area contributed by atoms with Crippen molar-refractivity contribution in [3.8, 4) is 0 Å². The van der Waals surface area contributed by atoms with Crippen LogP contribution in [-0.4, -0.2) is 23.8 Å². The molecule has 0 bridgehead atoms. The minimum absolute atomic E-state index is 0.0453. The zero-order valence-electron chi connectivity index (χ0n) is 12.0. The fraction of sp³-hybridized carbons (Fsp3) is 0.133. The molecule has 0 spiro atoms. The number of H-pyrrole nitrogens is 1. The van der Waals surface area contributed by atoms with Crippen molar-refractivity contribution >= 4 is 11.8 Å². The van der Waals surface area contributed by atoms with E-state index >= 15 is 0 Å². The molecule has 8 heteroatoms. The molecule has 0 radical (unpaired) electrons. The molecular formula is C15H13F2N3O3. The Bertz CT molecular complexity index is 805. The van der Waals surface area contributed by atoms with Gasteiger partial charge in [-0.15, -0.1) is 0 Å². The molecule has 0 saturated heterocycles. The zero-order chi connectivity index (χ0) is 17.0. The number of benzene rings is 1. The number of halogens is 2. The Hall–Kier alpha value is -3.03. The summed E-state index contributed by atoms with van der Waals surface area (Å²) in [5.74, 6) is -3.68. The molecule has 0 fully saturated rings. The van der Waals surface area contributed by atoms with Crippen LogP contribution in [0.15, 0.2) is 41.3 Å². The summed E-state index contributed by atoms with van der Waals surface area (Å²) in [6.45, 7) is 0. The molecule has 1 unspecified atom stereocenters. The number of rotatable bonds is 4. The van der Waals surface area contributed by atoms with E-state index in [2.05, 4.69) is 15.6 Å². The Balaban J connectivity index is 2.34. The van der Waals surface area contributed by atoms with E-state index < -0.39 is 35.0 Å². The van der Waals surface area contributed by atoms with E-state index in [9.17, 15) is 23.2 Å². The molecular weight excluding hydrogens is 308 g/mol. The van der Waals surface area contributed by atoms with Crippen molar-refractivity contribution < 1.29 is 18.4 Å². The molecule has 23 heavy (non-hydrogen) atoms. The third kappa shape index (κ3) is 3.60. The summed E-state index contributed by atoms with van der Waals surface area (Å²) in [5, 5.41) is 4.64. The van der Waals surface area contributed by atoms with Crippen LogP contribution in [0.5, 0.6) is 0 Å². The fourth-order valence-electron chi connectivity index (χ4n) is 1.95. The van der Waals surface area contributed by atoms with Gasteiger partial charge in [-0.3, -0.25) is 14.4 Å². The lowest BCUT2D eigenvalue weighted by molar-refractivity contribution is -0.122. The molecule has 2 amide bonds. The molecule has 120 valence electrons. The summed E-state index contributed by atoms with van der Waals surface area (Å²) in [5.41, 5.74) is -0.793. The topological polar surface area (TPSA) is 91.1 Å². The number of aromatic amines is 1. The smallest absolute Gasteiger partial charge is 0.260 e. The molecule has 2 aromatic rings. The van der Waals surface area contributed by atoms with E-state index in [1.54, 1.807) is 0 Å². The van der Waals surface area contributed by atoms with Crippen molar-refractivity contribution in [1.29, 1.82) is 0 Å². The van der Waals surface area contributed by atoms with Crippen LogP contribution >= 0.6 is 0 Å². The maximum absolute atomic E-state index is 13.4. The highest BCUT2D eigenvalue weighted by Gasteiger charge is 2.24. The molecule has 0 saturated carbocycles. The normalized spacial score (nSPS) is 11.6. The molecule has 3 N–H and O–H groups in total. The average Bonchev–Trinajstić information content (AvgIpc) is 2.54. The molecule has 1 atom stereocenters. The molecule has 0 aliphatic rings. The predicted octanol–water partition coefficient (Wildman–Crippen LogP) is 0.870. The van der Waals surface area contributed by atoms with E-state index in [-0.39, 0.29) is 11.1 Å². The van der Waals surface area contributed by atoms with E-state index in [0.29, 0.717) is 0 Å². The summed E-state index contributed by atoms with van der Waals surface area (Å²) < 4.78 is 26.4. The van der Waals surface area contributed by atoms with E-state index in [0.717, 1.165) is 12.1 Å². The van der Waals surface area contributed by atoms with Gasteiger partial charge >= 0.3 is 0 Å². The standard InChI is InChI=1S/C15H13F2N3O3/c1-18-15(23)12(8-4-5-10(16)11(17)7-8)20-14(22)9-3-2-6-19-13(9)21/h2-7,12H,1H3,(H,18,23)(H,19,21)(H,20,22). The van der Waals surface area contributed by atoms with Gasteiger partial charge in [0, 0.05) is 13.2 Å². The van der Waals surface area contributed by atoms with Crippen LogP contribution in [0.25, 0.3) is 0 Å². The maximum Gasteiger partial charge on any atom is 0.260 e. The van der Waals surface area contributed by atoms with Crippen molar-refractivity contribution in [2.45, 2.75) is 6.04 Å². The van der Waals surface area contributed by atoms with E-state index in [1.165, 1.54) is 31.4 Å². The minimum Gasteiger partial charge on any atom is -0.357 e. The lowest BCUT2D eigenvalue weighted by atomic mass is 10.1. The van der Waals surface area contributed by atoms with Crippen LogP contribution in [0.1, 0.15) is 22.0 Å². The summed E-state index contributed by atoms with van der Waals surface area (Å²) >= 11 is 0. The van der Waals surface area contributed by atoms with Gasteiger partial charge in [0.15, 0.2) is 11.6 Å². The predicted molar refractivity (Wildman–Crippen MR) is 77.7 cm³/mol. The minimum atomic E-state index is -1.28. The molecule has 1 aromatic heterocycles. The number of likely N-dealkylation sites (N-methyl/N-ethyl adjacent to an activating group) is 1. The van der Waals surface area contributed by atoms with Crippen LogP contribution in [-0.2, 0) is 4.79 Å². The molecule has 1 aromatic carbocycles. The Kier molecular flexibility index (Phi) is 4.85. The van der Waals surface area contributed by atoms with Crippen molar-refractivity contribution in [1.82, 2.24) is 15.6 Å². The zero-order valence-corrected chi connectivity index (χ0v) is 12.0. The lowest BCUT2D eigenvalue weighted by Gasteiger charge is -2.17. The lowest BCUT2D eigenvalue weighted by Crippen LogP contribution is -2.40. The van der Waals surface area contributed by atoms with Crippen molar-refractivity contribution in [2.75, 3.05) is 7.05 Å². The number of aromatic nitrogens is 1. The molecule has 0 aliphatic heterocycles. The number of amides is 2. The summed E-state index contributed by atoms with van der Waals surface area (Å²) in [6.07, 6.45) is 1.35. The third-order valence-electron chi connectivity index (χ3n) is 3.12. The highest BCUT2D eigenvalue weighted by molar-refractivity contribution is 5.97. The average molecular weight is 321 g/mol. The first kappa shape index (κ1) is 16.3. The Morgan fingerprint density at radius 3 is 2.52 bits per heavy atom. The number of nitrogens with one attached hydrogen (secondary N) is 3. The number of carbonyl (C=O) groups is 2. The maximum atomic E-state index is 13.4. The molecule has 6 nitrogen and oxygen atoms in total. The van der Waals surface area contributed by atoms with Crippen LogP contribution in [0.4, 0.5) is 8.78 Å². The highest BCUT2D eigenvalue weighted by atomic mass is 19.2. The third-order valence-corrected chi connectivity index (χ3v) is 3.12. The summed E-state index contributed by atoms with van der Waals surface area (Å²) in [7, 11) is 1.33. The Labute approximate surface area is 129 Å². The van der Waals surface area contributed by atoms with Gasteiger partial charge in [-0.25, -0.2) is 8.78 Å². The van der Waals surface area contributed by atoms with Gasteiger partial charge in [0.05, 0.1) is 0 Å². The SMILES string of the molecule is CNC(=O)C(NC(=O)c1ccc[nH]c1=O)c1ccc(F)c(F)c1. The van der Waals surface area contributed by atoms with Gasteiger partial charge in [0.1, 0.15) is 11.6 Å². The second-order valence-corrected chi connectivity index (χ2v) is 4.61. The molecule has 2 rings (SSSR count). The second-order valence-electron chi connectivity index (χ2n) is 4.61. The first-order valence-corrected chi connectivity index (χ1v) is 6.59. The number of pyridine rings is 1. The van der Waals surface area contributed by atoms with Gasteiger partial charge in [-0.05, 0) is 29.8 Å². The molecule has 1 heterocycles. The largest absolute Gasteiger partial charge is 0.357 e. The van der Waals surface area contributed by atoms with E-state index in [1.807, 2.05) is 0 Å². The fourth-order valence-corrected chi connectivity index (χ4v) is 1.95. The van der Waals surface area contributed by atoms with Gasteiger partial charge in [0.25, 0.3) is 11.5 Å². The first-order valence-electron chi connectivity index (χ1n) is 6.59. The Morgan fingerprint density at radius 1 is 1.17 bits per heavy atom. The quantitative estimate of drug-likeness (QED) is 0.780. The first-order chi connectivity index (χ1) is 10.9. The van der Waals surface area contributed by atoms with Crippen LogP contribution in [0, 0.1) is 11.6 Å². The number of hydrogen-bond donors (Lipinski definition) is 3. The van der Waals surface area contributed by atoms with Gasteiger partial charge < -0.3 is 15.6 Å². The highest BCUT2D eigenvalue weighted by Crippen LogP contribution is 2.17. The summed E-state index contributed by atoms with van der Waals surface area (Å²) in [6, 6.07) is 4.28. The van der Waals surface area contributed by atoms with Crippen LogP contribution in [0.2, 0.25) is 0 Å². The van der Waals surface area contributed by atoms with Gasteiger partial charge in [-0.1, -0.05) is 6.07 Å². The number of hydrogen-bond acceptors (Lipinski definition) is 3. The van der Waals surface area contributed by atoms with Crippen molar-refractivity contribution in [3.63, 3.8) is 0 Å². The van der Waals surface area contributed by atoms with Crippen molar-refractivity contribution in [3.05, 3.63) is 69.6 Å².